The number of amides is 1. The summed E-state index contributed by atoms with van der Waals surface area (Å²) in [7, 11) is 0. The fraction of sp³-hybridized carbons (Fsp3) is 0.182. The van der Waals surface area contributed by atoms with Crippen molar-refractivity contribution in [3.05, 3.63) is 88.2 Å². The Labute approximate surface area is 169 Å². The molecule has 1 heterocycles. The van der Waals surface area contributed by atoms with E-state index in [0.29, 0.717) is 5.56 Å². The van der Waals surface area contributed by atoms with Crippen molar-refractivity contribution in [3.63, 3.8) is 0 Å². The average molecular weight is 391 g/mol. The molecule has 1 amide bonds. The van der Waals surface area contributed by atoms with Crippen molar-refractivity contribution in [2.75, 3.05) is 0 Å². The van der Waals surface area contributed by atoms with Gasteiger partial charge in [0.1, 0.15) is 0 Å². The first-order chi connectivity index (χ1) is 13.5. The van der Waals surface area contributed by atoms with Gasteiger partial charge in [-0.2, -0.15) is 5.10 Å². The third-order valence-electron chi connectivity index (χ3n) is 4.10. The largest absolute Gasteiger partial charge is 0.271 e. The number of hydrazone groups is 1. The quantitative estimate of drug-likeness (QED) is 0.292. The van der Waals surface area contributed by atoms with Crippen LogP contribution in [0.3, 0.4) is 0 Å². The van der Waals surface area contributed by atoms with Crippen molar-refractivity contribution < 1.29 is 4.79 Å². The van der Waals surface area contributed by atoms with Crippen LogP contribution in [-0.2, 0) is 5.75 Å². The van der Waals surface area contributed by atoms with Gasteiger partial charge in [-0.15, -0.1) is 0 Å². The van der Waals surface area contributed by atoms with Crippen LogP contribution < -0.4 is 5.43 Å². The van der Waals surface area contributed by atoms with Crippen molar-refractivity contribution in [1.82, 2.24) is 15.4 Å². The third-order valence-corrected chi connectivity index (χ3v) is 5.02. The van der Waals surface area contributed by atoms with Gasteiger partial charge in [0.2, 0.25) is 0 Å². The van der Waals surface area contributed by atoms with Gasteiger partial charge >= 0.3 is 0 Å². The molecule has 0 radical (unpaired) electrons. The predicted octanol–water partition coefficient (Wildman–Crippen LogP) is 4.46. The van der Waals surface area contributed by atoms with Crippen LogP contribution in [0.4, 0.5) is 0 Å². The Balaban J connectivity index is 1.56. The Kier molecular flexibility index (Phi) is 6.55. The topological polar surface area (TPSA) is 67.2 Å². The second-order valence-electron chi connectivity index (χ2n) is 6.47. The zero-order chi connectivity index (χ0) is 19.9. The molecule has 0 aliphatic heterocycles. The second-order valence-corrected chi connectivity index (χ2v) is 7.42. The maximum Gasteiger partial charge on any atom is 0.271 e. The molecule has 2 aromatic carbocycles. The number of rotatable bonds is 6. The first kappa shape index (κ1) is 19.8. The molecular formula is C22H22N4OS. The highest BCUT2D eigenvalue weighted by atomic mass is 32.2. The summed E-state index contributed by atoms with van der Waals surface area (Å²) >= 11 is 1.58. The van der Waals surface area contributed by atoms with Gasteiger partial charge in [0, 0.05) is 22.7 Å². The van der Waals surface area contributed by atoms with E-state index in [-0.39, 0.29) is 5.91 Å². The van der Waals surface area contributed by atoms with E-state index >= 15 is 0 Å². The van der Waals surface area contributed by atoms with E-state index in [4.69, 9.17) is 0 Å². The summed E-state index contributed by atoms with van der Waals surface area (Å²) in [6, 6.07) is 17.3. The molecule has 0 fully saturated rings. The van der Waals surface area contributed by atoms with Gasteiger partial charge < -0.3 is 0 Å². The monoisotopic (exact) mass is 390 g/mol. The second kappa shape index (κ2) is 9.28. The van der Waals surface area contributed by atoms with Gasteiger partial charge in [0.15, 0.2) is 5.16 Å². The van der Waals surface area contributed by atoms with Crippen molar-refractivity contribution in [3.8, 4) is 0 Å². The van der Waals surface area contributed by atoms with Crippen LogP contribution in [-0.4, -0.2) is 22.1 Å². The standard InChI is InChI=1S/C22H22N4OS/c1-15-6-4-5-7-20(15)13-23-26-21(27)19-10-8-18(9-11-19)14-28-22-24-16(2)12-17(3)25-22/h4-13H,14H2,1-3H3,(H,26,27)/b23-13+. The summed E-state index contributed by atoms with van der Waals surface area (Å²) in [5, 5.41) is 4.82. The number of nitrogens with one attached hydrogen (secondary N) is 1. The van der Waals surface area contributed by atoms with Gasteiger partial charge in [0.05, 0.1) is 6.21 Å². The molecule has 0 aliphatic rings. The summed E-state index contributed by atoms with van der Waals surface area (Å²) < 4.78 is 0. The maximum atomic E-state index is 12.2. The van der Waals surface area contributed by atoms with Crippen LogP contribution in [0.2, 0.25) is 0 Å². The molecule has 0 spiro atoms. The minimum atomic E-state index is -0.235. The van der Waals surface area contributed by atoms with Crippen LogP contribution in [0.5, 0.6) is 0 Å². The van der Waals surface area contributed by atoms with Gasteiger partial charge in [0.25, 0.3) is 5.91 Å². The molecule has 0 saturated carbocycles. The molecule has 0 saturated heterocycles. The Bertz CT molecular complexity index is 979. The number of aromatic nitrogens is 2. The average Bonchev–Trinajstić information content (AvgIpc) is 2.67. The van der Waals surface area contributed by atoms with Crippen LogP contribution in [0.25, 0.3) is 0 Å². The molecular weight excluding hydrogens is 368 g/mol. The lowest BCUT2D eigenvalue weighted by Crippen LogP contribution is -2.17. The van der Waals surface area contributed by atoms with Crippen LogP contribution >= 0.6 is 11.8 Å². The van der Waals surface area contributed by atoms with Crippen molar-refractivity contribution in [2.45, 2.75) is 31.7 Å². The molecule has 0 bridgehead atoms. The van der Waals surface area contributed by atoms with E-state index in [1.54, 1.807) is 30.1 Å². The van der Waals surface area contributed by atoms with Gasteiger partial charge in [-0.25, -0.2) is 15.4 Å². The molecule has 3 aromatic rings. The summed E-state index contributed by atoms with van der Waals surface area (Å²) in [6.07, 6.45) is 1.65. The SMILES string of the molecule is Cc1cc(C)nc(SCc2ccc(C(=O)N/N=C/c3ccccc3C)cc2)n1. The Morgan fingerprint density at radius 2 is 1.71 bits per heavy atom. The lowest BCUT2D eigenvalue weighted by atomic mass is 10.1. The van der Waals surface area contributed by atoms with E-state index in [9.17, 15) is 4.79 Å². The van der Waals surface area contributed by atoms with E-state index in [2.05, 4.69) is 20.5 Å². The van der Waals surface area contributed by atoms with E-state index in [0.717, 1.165) is 39.0 Å². The minimum Gasteiger partial charge on any atom is -0.267 e. The fourth-order valence-electron chi connectivity index (χ4n) is 2.61. The third kappa shape index (κ3) is 5.50. The molecule has 142 valence electrons. The van der Waals surface area contributed by atoms with Crippen molar-refractivity contribution in [2.24, 2.45) is 5.10 Å². The Hall–Kier alpha value is -2.99. The lowest BCUT2D eigenvalue weighted by Gasteiger charge is -2.05. The number of benzene rings is 2. The highest BCUT2D eigenvalue weighted by molar-refractivity contribution is 7.98. The van der Waals surface area contributed by atoms with Gasteiger partial charge in [-0.05, 0) is 55.7 Å². The molecule has 0 aliphatic carbocycles. The lowest BCUT2D eigenvalue weighted by molar-refractivity contribution is 0.0955. The number of hydrogen-bond acceptors (Lipinski definition) is 5. The number of carbonyl (C=O) groups is 1. The van der Waals surface area contributed by atoms with Gasteiger partial charge in [-0.3, -0.25) is 4.79 Å². The molecule has 28 heavy (non-hydrogen) atoms. The summed E-state index contributed by atoms with van der Waals surface area (Å²) in [5.41, 5.74) is 8.26. The number of thioether (sulfide) groups is 1. The molecule has 1 aromatic heterocycles. The molecule has 5 nitrogen and oxygen atoms in total. The van der Waals surface area contributed by atoms with E-state index < -0.39 is 0 Å². The normalized spacial score (nSPS) is 11.0. The first-order valence-corrected chi connectivity index (χ1v) is 9.93. The summed E-state index contributed by atoms with van der Waals surface area (Å²) in [6.45, 7) is 5.94. The highest BCUT2D eigenvalue weighted by Crippen LogP contribution is 2.20. The molecule has 3 rings (SSSR count). The molecule has 0 unspecified atom stereocenters. The van der Waals surface area contributed by atoms with Crippen LogP contribution in [0.15, 0.2) is 64.9 Å². The first-order valence-electron chi connectivity index (χ1n) is 8.94. The number of carbonyl (C=O) groups excluding carboxylic acids is 1. The number of nitrogens with zero attached hydrogens (tertiary/aromatic N) is 3. The van der Waals surface area contributed by atoms with Crippen molar-refractivity contribution in [1.29, 1.82) is 0 Å². The number of aryl methyl sites for hydroxylation is 3. The predicted molar refractivity (Wildman–Crippen MR) is 114 cm³/mol. The zero-order valence-electron chi connectivity index (χ0n) is 16.1. The minimum absolute atomic E-state index is 0.235. The molecule has 1 N–H and O–H groups in total. The fourth-order valence-corrected chi connectivity index (χ4v) is 3.52. The summed E-state index contributed by atoms with van der Waals surface area (Å²) in [5.74, 6) is 0.512. The van der Waals surface area contributed by atoms with Crippen molar-refractivity contribution >= 4 is 23.9 Å². The molecule has 0 atom stereocenters. The highest BCUT2D eigenvalue weighted by Gasteiger charge is 2.06. The smallest absolute Gasteiger partial charge is 0.267 e. The summed E-state index contributed by atoms with van der Waals surface area (Å²) in [4.78, 5) is 21.1. The Morgan fingerprint density at radius 3 is 2.39 bits per heavy atom. The zero-order valence-corrected chi connectivity index (χ0v) is 17.0. The number of hydrogen-bond donors (Lipinski definition) is 1. The van der Waals surface area contributed by atoms with Crippen LogP contribution in [0.1, 0.15) is 38.4 Å². The van der Waals surface area contributed by atoms with Crippen LogP contribution in [0, 0.1) is 20.8 Å². The Morgan fingerprint density at radius 1 is 1.04 bits per heavy atom. The van der Waals surface area contributed by atoms with E-state index in [1.807, 2.05) is 63.2 Å². The maximum absolute atomic E-state index is 12.2. The van der Waals surface area contributed by atoms with E-state index in [1.165, 1.54) is 0 Å². The molecule has 6 heteroatoms. The van der Waals surface area contributed by atoms with Gasteiger partial charge in [-0.1, -0.05) is 48.2 Å².